The first-order valence-electron chi connectivity index (χ1n) is 7.67. The highest BCUT2D eigenvalue weighted by Gasteiger charge is 2.17. The third kappa shape index (κ3) is 4.54. The molecule has 0 aliphatic carbocycles. The van der Waals surface area contributed by atoms with Gasteiger partial charge in [0.25, 0.3) is 0 Å². The molecule has 1 heterocycles. The Hall–Kier alpha value is -1.53. The van der Waals surface area contributed by atoms with Gasteiger partial charge in [-0.05, 0) is 56.1 Å². The van der Waals surface area contributed by atoms with E-state index in [1.165, 1.54) is 38.8 Å². The Morgan fingerprint density at radius 1 is 1.25 bits per heavy atom. The van der Waals surface area contributed by atoms with Gasteiger partial charge in [0, 0.05) is 6.54 Å². The van der Waals surface area contributed by atoms with Crippen molar-refractivity contribution in [3.8, 4) is 11.8 Å². The van der Waals surface area contributed by atoms with Crippen LogP contribution in [0.3, 0.4) is 0 Å². The largest absolute Gasteiger partial charge is 0.492 e. The molecule has 1 saturated heterocycles. The molecule has 20 heavy (non-hydrogen) atoms. The minimum Gasteiger partial charge on any atom is -0.492 e. The smallest absolute Gasteiger partial charge is 0.119 e. The third-order valence-electron chi connectivity index (χ3n) is 4.06. The molecule has 0 unspecified atom stereocenters. The maximum atomic E-state index is 8.74. The second-order valence-electron chi connectivity index (χ2n) is 5.56. The fraction of sp³-hybridized carbons (Fsp3) is 0.588. The average Bonchev–Trinajstić information content (AvgIpc) is 2.50. The fourth-order valence-corrected chi connectivity index (χ4v) is 2.83. The molecular weight excluding hydrogens is 248 g/mol. The number of rotatable bonds is 6. The Labute approximate surface area is 122 Å². The maximum absolute atomic E-state index is 8.74. The van der Waals surface area contributed by atoms with Crippen molar-refractivity contribution in [2.75, 3.05) is 26.2 Å². The number of hydrogen-bond acceptors (Lipinski definition) is 3. The first kappa shape index (κ1) is 14.9. The number of nitrogens with zero attached hydrogens (tertiary/aromatic N) is 2. The van der Waals surface area contributed by atoms with Gasteiger partial charge in [-0.1, -0.05) is 19.8 Å². The topological polar surface area (TPSA) is 36.3 Å². The second-order valence-corrected chi connectivity index (χ2v) is 5.56. The summed E-state index contributed by atoms with van der Waals surface area (Å²) in [5.41, 5.74) is 0.676. The molecule has 0 N–H and O–H groups in total. The Balaban J connectivity index is 1.65. The number of nitriles is 1. The first-order chi connectivity index (χ1) is 9.81. The molecule has 1 aromatic rings. The molecule has 3 nitrogen and oxygen atoms in total. The normalized spacial score (nSPS) is 16.8. The molecule has 0 aromatic heterocycles. The quantitative estimate of drug-likeness (QED) is 0.796. The van der Waals surface area contributed by atoms with Crippen LogP contribution in [0.5, 0.6) is 5.75 Å². The van der Waals surface area contributed by atoms with Gasteiger partial charge in [-0.25, -0.2) is 0 Å². The van der Waals surface area contributed by atoms with Crippen LogP contribution in [-0.4, -0.2) is 31.1 Å². The van der Waals surface area contributed by atoms with Gasteiger partial charge in [0.2, 0.25) is 0 Å². The number of likely N-dealkylation sites (tertiary alicyclic amines) is 1. The summed E-state index contributed by atoms with van der Waals surface area (Å²) in [6.07, 6.45) is 5.37. The van der Waals surface area contributed by atoms with E-state index >= 15 is 0 Å². The minimum absolute atomic E-state index is 0.676. The van der Waals surface area contributed by atoms with Crippen molar-refractivity contribution in [2.24, 2.45) is 5.92 Å². The third-order valence-corrected chi connectivity index (χ3v) is 4.06. The van der Waals surface area contributed by atoms with E-state index < -0.39 is 0 Å². The van der Waals surface area contributed by atoms with E-state index in [0.717, 1.165) is 24.8 Å². The highest BCUT2D eigenvalue weighted by atomic mass is 16.5. The molecule has 2 rings (SSSR count). The zero-order chi connectivity index (χ0) is 14.2. The average molecular weight is 272 g/mol. The predicted molar refractivity (Wildman–Crippen MR) is 80.7 cm³/mol. The van der Waals surface area contributed by atoms with Crippen LogP contribution in [0.25, 0.3) is 0 Å². The van der Waals surface area contributed by atoms with Crippen LogP contribution >= 0.6 is 0 Å². The van der Waals surface area contributed by atoms with Gasteiger partial charge in [-0.15, -0.1) is 0 Å². The summed E-state index contributed by atoms with van der Waals surface area (Å²) in [4.78, 5) is 2.50. The monoisotopic (exact) mass is 272 g/mol. The molecule has 0 bridgehead atoms. The molecule has 108 valence electrons. The maximum Gasteiger partial charge on any atom is 0.119 e. The Bertz CT molecular complexity index is 427. The molecule has 0 atom stereocenters. The van der Waals surface area contributed by atoms with E-state index in [1.54, 1.807) is 12.1 Å². The van der Waals surface area contributed by atoms with Crippen LogP contribution in [0, 0.1) is 17.2 Å². The summed E-state index contributed by atoms with van der Waals surface area (Å²) < 4.78 is 5.73. The van der Waals surface area contributed by atoms with Gasteiger partial charge in [-0.3, -0.25) is 4.90 Å². The van der Waals surface area contributed by atoms with Crippen molar-refractivity contribution < 1.29 is 4.74 Å². The van der Waals surface area contributed by atoms with Crippen molar-refractivity contribution in [1.82, 2.24) is 4.90 Å². The van der Waals surface area contributed by atoms with Gasteiger partial charge in [-0.2, -0.15) is 5.26 Å². The standard InChI is InChI=1S/C17H24N2O/c1-2-3-15-8-10-19(11-9-15)12-13-20-17-6-4-16(14-18)5-7-17/h4-7,15H,2-3,8-13H2,1H3. The lowest BCUT2D eigenvalue weighted by Gasteiger charge is -2.31. The van der Waals surface area contributed by atoms with Crippen LogP contribution in [-0.2, 0) is 0 Å². The van der Waals surface area contributed by atoms with Gasteiger partial charge in [0.05, 0.1) is 11.6 Å². The minimum atomic E-state index is 0.676. The van der Waals surface area contributed by atoms with Crippen molar-refractivity contribution >= 4 is 0 Å². The highest BCUT2D eigenvalue weighted by molar-refractivity contribution is 5.34. The van der Waals surface area contributed by atoms with Gasteiger partial charge < -0.3 is 4.74 Å². The van der Waals surface area contributed by atoms with Crippen LogP contribution in [0.1, 0.15) is 38.2 Å². The van der Waals surface area contributed by atoms with Crippen molar-refractivity contribution in [1.29, 1.82) is 5.26 Å². The van der Waals surface area contributed by atoms with Crippen molar-refractivity contribution in [3.63, 3.8) is 0 Å². The number of hydrogen-bond donors (Lipinski definition) is 0. The Kier molecular flexibility index (Phi) is 5.88. The van der Waals surface area contributed by atoms with Gasteiger partial charge >= 0.3 is 0 Å². The SMILES string of the molecule is CCCC1CCN(CCOc2ccc(C#N)cc2)CC1. The molecule has 1 aliphatic heterocycles. The summed E-state index contributed by atoms with van der Waals surface area (Å²) in [5.74, 6) is 1.79. The second kappa shape index (κ2) is 7.91. The molecule has 0 spiro atoms. The van der Waals surface area contributed by atoms with Crippen LogP contribution in [0.2, 0.25) is 0 Å². The molecule has 1 fully saturated rings. The zero-order valence-corrected chi connectivity index (χ0v) is 12.3. The predicted octanol–water partition coefficient (Wildman–Crippen LogP) is 3.45. The van der Waals surface area contributed by atoms with Gasteiger partial charge in [0.1, 0.15) is 12.4 Å². The molecule has 3 heteroatoms. The highest BCUT2D eigenvalue weighted by Crippen LogP contribution is 2.21. The summed E-state index contributed by atoms with van der Waals surface area (Å²) in [6.45, 7) is 6.42. The van der Waals surface area contributed by atoms with Crippen LogP contribution < -0.4 is 4.74 Å². The van der Waals surface area contributed by atoms with Crippen LogP contribution in [0.15, 0.2) is 24.3 Å². The van der Waals surface area contributed by atoms with E-state index in [1.807, 2.05) is 12.1 Å². The van der Waals surface area contributed by atoms with E-state index in [4.69, 9.17) is 10.00 Å². The molecule has 0 amide bonds. The molecular formula is C17H24N2O. The molecule has 0 saturated carbocycles. The lowest BCUT2D eigenvalue weighted by Crippen LogP contribution is -2.36. The van der Waals surface area contributed by atoms with Crippen LogP contribution in [0.4, 0.5) is 0 Å². The molecule has 0 radical (unpaired) electrons. The lowest BCUT2D eigenvalue weighted by atomic mass is 9.92. The van der Waals surface area contributed by atoms with Gasteiger partial charge in [0.15, 0.2) is 0 Å². The van der Waals surface area contributed by atoms with E-state index in [-0.39, 0.29) is 0 Å². The molecule has 1 aliphatic rings. The van der Waals surface area contributed by atoms with E-state index in [2.05, 4.69) is 17.9 Å². The number of piperidine rings is 1. The fourth-order valence-electron chi connectivity index (χ4n) is 2.83. The van der Waals surface area contributed by atoms with Crippen molar-refractivity contribution in [3.05, 3.63) is 29.8 Å². The summed E-state index contributed by atoms with van der Waals surface area (Å²) in [5, 5.41) is 8.74. The van der Waals surface area contributed by atoms with E-state index in [9.17, 15) is 0 Å². The summed E-state index contributed by atoms with van der Waals surface area (Å²) in [7, 11) is 0. The Morgan fingerprint density at radius 3 is 2.55 bits per heavy atom. The summed E-state index contributed by atoms with van der Waals surface area (Å²) >= 11 is 0. The van der Waals surface area contributed by atoms with Crippen molar-refractivity contribution in [2.45, 2.75) is 32.6 Å². The molecule has 1 aromatic carbocycles. The number of ether oxygens (including phenoxy) is 1. The first-order valence-corrected chi connectivity index (χ1v) is 7.67. The summed E-state index contributed by atoms with van der Waals surface area (Å²) in [6, 6.07) is 9.44. The Morgan fingerprint density at radius 2 is 1.95 bits per heavy atom. The zero-order valence-electron chi connectivity index (χ0n) is 12.3. The number of benzene rings is 1. The lowest BCUT2D eigenvalue weighted by molar-refractivity contribution is 0.151. The van der Waals surface area contributed by atoms with E-state index in [0.29, 0.717) is 5.56 Å².